The van der Waals surface area contributed by atoms with Gasteiger partial charge in [0.25, 0.3) is 5.91 Å². The summed E-state index contributed by atoms with van der Waals surface area (Å²) in [7, 11) is 0. The van der Waals surface area contributed by atoms with Gasteiger partial charge in [-0.05, 0) is 39.8 Å². The van der Waals surface area contributed by atoms with Crippen molar-refractivity contribution in [3.63, 3.8) is 0 Å². The lowest BCUT2D eigenvalue weighted by atomic mass is 9.98. The highest BCUT2D eigenvalue weighted by Gasteiger charge is 2.28. The molecule has 0 bridgehead atoms. The van der Waals surface area contributed by atoms with Crippen LogP contribution in [0.15, 0.2) is 132 Å². The maximum absolute atomic E-state index is 13.5. The van der Waals surface area contributed by atoms with Crippen molar-refractivity contribution >= 4 is 29.7 Å². The Labute approximate surface area is 297 Å². The fourth-order valence-corrected chi connectivity index (χ4v) is 5.94. The number of carbonyl (C=O) groups excluding carboxylic acids is 3. The molecule has 0 aromatic heterocycles. The predicted molar refractivity (Wildman–Crippen MR) is 194 cm³/mol. The maximum atomic E-state index is 13.5. The zero-order valence-corrected chi connectivity index (χ0v) is 28.3. The van der Waals surface area contributed by atoms with Crippen molar-refractivity contribution < 1.29 is 29.0 Å². The van der Waals surface area contributed by atoms with Gasteiger partial charge in [0.15, 0.2) is 0 Å². The van der Waals surface area contributed by atoms with Gasteiger partial charge in [-0.15, -0.1) is 0 Å². The lowest BCUT2D eigenvalue weighted by molar-refractivity contribution is -0.251. The topological polar surface area (TPSA) is 154 Å². The van der Waals surface area contributed by atoms with Gasteiger partial charge in [-0.1, -0.05) is 135 Å². The molecule has 51 heavy (non-hydrogen) atoms. The second-order valence-corrected chi connectivity index (χ2v) is 11.7. The van der Waals surface area contributed by atoms with Gasteiger partial charge >= 0.3 is 12.0 Å². The normalized spacial score (nSPS) is 13.1. The number of amides is 3. The van der Waals surface area contributed by atoms with E-state index in [0.717, 1.165) is 33.4 Å². The van der Waals surface area contributed by atoms with Crippen LogP contribution in [-0.4, -0.2) is 55.5 Å². The molecule has 5 rings (SSSR count). The minimum absolute atomic E-state index is 0.0308. The van der Waals surface area contributed by atoms with Crippen LogP contribution in [0.2, 0.25) is 0 Å². The average Bonchev–Trinajstić information content (AvgIpc) is 3.48. The lowest BCUT2D eigenvalue weighted by Gasteiger charge is -2.23. The Kier molecular flexibility index (Phi) is 12.7. The van der Waals surface area contributed by atoms with E-state index in [4.69, 9.17) is 9.47 Å². The molecule has 0 unspecified atom stereocenters. The molecule has 11 nitrogen and oxygen atoms in total. The zero-order chi connectivity index (χ0) is 36.0. The molecule has 3 amide bonds. The van der Waals surface area contributed by atoms with Crippen molar-refractivity contribution in [3.05, 3.63) is 144 Å². The first kappa shape index (κ1) is 36.1. The Morgan fingerprint density at radius 3 is 1.98 bits per heavy atom. The van der Waals surface area contributed by atoms with E-state index in [1.807, 2.05) is 116 Å². The summed E-state index contributed by atoms with van der Waals surface area (Å²) in [4.78, 5) is 43.1. The summed E-state index contributed by atoms with van der Waals surface area (Å²) < 4.78 is 10.7. The number of rotatable bonds is 15. The van der Waals surface area contributed by atoms with Crippen molar-refractivity contribution in [2.45, 2.75) is 37.8 Å². The van der Waals surface area contributed by atoms with E-state index >= 15 is 0 Å². The third-order valence-electron chi connectivity index (χ3n) is 8.28. The third-order valence-corrected chi connectivity index (χ3v) is 8.28. The SMILES string of the molecule is C=CCOC(=O)CNC(=O)C(=NNC(=O)NC(c1ccccc1)c1ccccc1)[C@H](CCC)N=C([O-])OCC1c2ccccc2-c2ccccc21. The largest absolute Gasteiger partial charge is 0.599 e. The molecule has 0 spiro atoms. The van der Waals surface area contributed by atoms with Gasteiger partial charge in [-0.2, -0.15) is 5.10 Å². The molecule has 3 N–H and O–H groups in total. The minimum atomic E-state index is -1.10. The number of nitrogens with zero attached hydrogens (tertiary/aromatic N) is 2. The van der Waals surface area contributed by atoms with Crippen LogP contribution >= 0.6 is 0 Å². The highest BCUT2D eigenvalue weighted by atomic mass is 16.6. The number of hydrogen-bond donors (Lipinski definition) is 3. The molecule has 0 saturated heterocycles. The van der Waals surface area contributed by atoms with Crippen molar-refractivity contribution in [2.24, 2.45) is 10.1 Å². The second-order valence-electron chi connectivity index (χ2n) is 11.7. The van der Waals surface area contributed by atoms with E-state index < -0.39 is 42.6 Å². The molecule has 1 atom stereocenters. The molecule has 1 aliphatic carbocycles. The zero-order valence-electron chi connectivity index (χ0n) is 28.3. The van der Waals surface area contributed by atoms with Gasteiger partial charge in [-0.3, -0.25) is 14.6 Å². The number of ether oxygens (including phenoxy) is 2. The molecule has 1 aliphatic rings. The van der Waals surface area contributed by atoms with Crippen LogP contribution < -0.4 is 21.2 Å². The summed E-state index contributed by atoms with van der Waals surface area (Å²) in [6.07, 6.45) is 1.24. The molecule has 0 aliphatic heterocycles. The Morgan fingerprint density at radius 1 is 0.843 bits per heavy atom. The first-order chi connectivity index (χ1) is 24.9. The third kappa shape index (κ3) is 9.48. The summed E-state index contributed by atoms with van der Waals surface area (Å²) in [6, 6.07) is 32.3. The summed E-state index contributed by atoms with van der Waals surface area (Å²) in [5.41, 5.74) is 8.02. The van der Waals surface area contributed by atoms with Crippen molar-refractivity contribution in [1.82, 2.24) is 16.1 Å². The monoisotopic (exact) mass is 686 g/mol. The molecule has 4 aromatic carbocycles. The van der Waals surface area contributed by atoms with Crippen LogP contribution in [0.4, 0.5) is 4.79 Å². The number of fused-ring (bicyclic) bond motifs is 3. The van der Waals surface area contributed by atoms with E-state index in [9.17, 15) is 19.5 Å². The van der Waals surface area contributed by atoms with E-state index in [2.05, 4.69) is 32.7 Å². The van der Waals surface area contributed by atoms with Gasteiger partial charge in [0.1, 0.15) is 31.0 Å². The highest BCUT2D eigenvalue weighted by molar-refractivity contribution is 6.41. The van der Waals surface area contributed by atoms with Crippen LogP contribution in [0, 0.1) is 0 Å². The highest BCUT2D eigenvalue weighted by Crippen LogP contribution is 2.44. The van der Waals surface area contributed by atoms with Gasteiger partial charge < -0.3 is 25.2 Å². The van der Waals surface area contributed by atoms with Crippen LogP contribution in [0.25, 0.3) is 11.1 Å². The smallest absolute Gasteiger partial charge is 0.335 e. The van der Waals surface area contributed by atoms with Gasteiger partial charge in [-0.25, -0.2) is 10.2 Å². The molecule has 0 heterocycles. The summed E-state index contributed by atoms with van der Waals surface area (Å²) in [5.74, 6) is -1.71. The number of aliphatic imine (C=N–C) groups is 1. The van der Waals surface area contributed by atoms with E-state index in [0.29, 0.717) is 6.42 Å². The van der Waals surface area contributed by atoms with E-state index in [1.54, 1.807) is 0 Å². The van der Waals surface area contributed by atoms with Gasteiger partial charge in [0.2, 0.25) is 0 Å². The number of nitrogens with one attached hydrogen (secondary N) is 3. The maximum Gasteiger partial charge on any atom is 0.335 e. The van der Waals surface area contributed by atoms with Gasteiger partial charge in [0, 0.05) is 12.5 Å². The van der Waals surface area contributed by atoms with Crippen LogP contribution in [0.1, 0.15) is 54.0 Å². The fourth-order valence-electron chi connectivity index (χ4n) is 5.94. The number of hydrogen-bond acceptors (Lipinski definition) is 8. The van der Waals surface area contributed by atoms with Gasteiger partial charge in [0.05, 0.1) is 6.04 Å². The average molecular weight is 687 g/mol. The standard InChI is InChI=1S/C40H41N5O6/c1-3-15-34(42-40(49)51-26-33-31-22-13-11-20-29(31)30-21-12-14-23-32(30)33)37(38(47)41-25-35(46)50-24-4-2)44-45-39(48)43-36(27-16-7-5-8-17-27)28-18-9-6-10-19-28/h4-14,16-23,33-34,36H,2-3,15,24-26H2,1H3,(H,41,47)(H,42,49)(H2,43,45,48)/p-1/t34-/m0/s1. The minimum Gasteiger partial charge on any atom is -0.599 e. The first-order valence-electron chi connectivity index (χ1n) is 16.7. The summed E-state index contributed by atoms with van der Waals surface area (Å²) in [5, 5.41) is 22.8. The summed E-state index contributed by atoms with van der Waals surface area (Å²) in [6.45, 7) is 4.88. The molecule has 0 saturated carbocycles. The molecule has 262 valence electrons. The fraction of sp³-hybridized carbons (Fsp3) is 0.225. The number of benzene rings is 4. The van der Waals surface area contributed by atoms with Crippen molar-refractivity contribution in [2.75, 3.05) is 19.8 Å². The number of urea groups is 1. The summed E-state index contributed by atoms with van der Waals surface area (Å²) >= 11 is 0. The predicted octanol–water partition coefficient (Wildman–Crippen LogP) is 4.99. The number of esters is 1. The second kappa shape index (κ2) is 18.0. The van der Waals surface area contributed by atoms with E-state index in [1.165, 1.54) is 6.08 Å². The Balaban J connectivity index is 1.36. The van der Waals surface area contributed by atoms with E-state index in [-0.39, 0.29) is 31.3 Å². The van der Waals surface area contributed by atoms with Crippen molar-refractivity contribution in [1.29, 1.82) is 0 Å². The number of carbonyl (C=O) groups is 3. The van der Waals surface area contributed by atoms with Crippen molar-refractivity contribution in [3.8, 4) is 11.1 Å². The Bertz CT molecular complexity index is 1790. The molecule has 0 fully saturated rings. The van der Waals surface area contributed by atoms with Crippen LogP contribution in [-0.2, 0) is 19.1 Å². The Hall–Kier alpha value is -6.23. The Morgan fingerprint density at radius 2 is 1.41 bits per heavy atom. The molecule has 4 aromatic rings. The molecular formula is C40H40N5O6-. The first-order valence-corrected chi connectivity index (χ1v) is 16.7. The van der Waals surface area contributed by atoms with Crippen LogP contribution in [0.3, 0.4) is 0 Å². The number of hydrazone groups is 1. The molecular weight excluding hydrogens is 646 g/mol. The van der Waals surface area contributed by atoms with Crippen LogP contribution in [0.5, 0.6) is 0 Å². The molecule has 0 radical (unpaired) electrons. The quantitative estimate of drug-likeness (QED) is 0.0527. The lowest BCUT2D eigenvalue weighted by Crippen LogP contribution is -2.44. The molecule has 11 heteroatoms.